The number of hydrogen-bond donors (Lipinski definition) is 1. The predicted molar refractivity (Wildman–Crippen MR) is 113 cm³/mol. The van der Waals surface area contributed by atoms with E-state index in [1.54, 1.807) is 28.8 Å². The van der Waals surface area contributed by atoms with Crippen molar-refractivity contribution in [3.63, 3.8) is 0 Å². The number of nitrogens with zero attached hydrogens (tertiary/aromatic N) is 2. The zero-order valence-electron chi connectivity index (χ0n) is 15.2. The van der Waals surface area contributed by atoms with E-state index in [1.165, 1.54) is 4.90 Å². The predicted octanol–water partition coefficient (Wildman–Crippen LogP) is 4.93. The lowest BCUT2D eigenvalue weighted by Gasteiger charge is -2.18. The highest BCUT2D eigenvalue weighted by molar-refractivity contribution is 7.99. The van der Waals surface area contributed by atoms with Crippen LogP contribution in [0.1, 0.15) is 12.0 Å². The number of carbonyl (C=O) groups is 1. The third-order valence-corrected chi connectivity index (χ3v) is 5.66. The van der Waals surface area contributed by atoms with Crippen LogP contribution in [0.25, 0.3) is 0 Å². The second-order valence-electron chi connectivity index (χ2n) is 6.58. The first-order valence-electron chi connectivity index (χ1n) is 9.14. The Balaban J connectivity index is 1.44. The van der Waals surface area contributed by atoms with Crippen molar-refractivity contribution in [2.24, 2.45) is 0 Å². The molecule has 4 nitrogen and oxygen atoms in total. The molecule has 28 heavy (non-hydrogen) atoms. The molecule has 5 heteroatoms. The van der Waals surface area contributed by atoms with Gasteiger partial charge in [0, 0.05) is 27.7 Å². The zero-order chi connectivity index (χ0) is 19.3. The summed E-state index contributed by atoms with van der Waals surface area (Å²) >= 11 is 1.70. The first-order valence-corrected chi connectivity index (χ1v) is 9.95. The molecule has 4 rings (SSSR count). The number of nitrogens with one attached hydrogen (secondary N) is 1. The van der Waals surface area contributed by atoms with E-state index >= 15 is 0 Å². The largest absolute Gasteiger partial charge is 0.374 e. The summed E-state index contributed by atoms with van der Waals surface area (Å²) in [6.07, 6.45) is 0.745. The fraction of sp³-hybridized carbons (Fsp3) is 0.130. The van der Waals surface area contributed by atoms with Crippen molar-refractivity contribution in [2.75, 3.05) is 16.8 Å². The van der Waals surface area contributed by atoms with Gasteiger partial charge in [-0.3, -0.25) is 4.79 Å². The summed E-state index contributed by atoms with van der Waals surface area (Å²) in [6, 6.07) is 27.4. The molecule has 138 valence electrons. The molecule has 1 amide bonds. The summed E-state index contributed by atoms with van der Waals surface area (Å²) in [5, 5.41) is 12.3. The van der Waals surface area contributed by atoms with Crippen molar-refractivity contribution in [1.82, 2.24) is 0 Å². The van der Waals surface area contributed by atoms with Gasteiger partial charge in [-0.25, -0.2) is 0 Å². The molecule has 0 saturated carbocycles. The van der Waals surface area contributed by atoms with Crippen LogP contribution in [-0.4, -0.2) is 18.5 Å². The van der Waals surface area contributed by atoms with E-state index in [9.17, 15) is 4.79 Å². The highest BCUT2D eigenvalue weighted by Gasteiger charge is 2.32. The number of rotatable bonds is 5. The van der Waals surface area contributed by atoms with Crippen molar-refractivity contribution in [2.45, 2.75) is 22.3 Å². The van der Waals surface area contributed by atoms with Gasteiger partial charge in [0.1, 0.15) is 6.04 Å². The number of benzene rings is 3. The molecule has 1 heterocycles. The summed E-state index contributed by atoms with van der Waals surface area (Å²) < 4.78 is 0. The van der Waals surface area contributed by atoms with E-state index in [0.29, 0.717) is 12.1 Å². The Morgan fingerprint density at radius 1 is 0.964 bits per heavy atom. The van der Waals surface area contributed by atoms with Crippen molar-refractivity contribution < 1.29 is 4.79 Å². The molecule has 1 fully saturated rings. The topological polar surface area (TPSA) is 56.1 Å². The Morgan fingerprint density at radius 3 is 2.46 bits per heavy atom. The van der Waals surface area contributed by atoms with Gasteiger partial charge in [-0.2, -0.15) is 5.26 Å². The first-order chi connectivity index (χ1) is 13.7. The number of anilines is 2. The molecule has 3 aromatic rings. The first kappa shape index (κ1) is 18.1. The smallest absolute Gasteiger partial charge is 0.249 e. The third-order valence-electron chi connectivity index (χ3n) is 4.67. The molecule has 1 atom stereocenters. The van der Waals surface area contributed by atoms with Crippen molar-refractivity contribution in [3.05, 3.63) is 84.4 Å². The number of nitriles is 1. The molecule has 1 aliphatic heterocycles. The lowest BCUT2D eigenvalue weighted by atomic mass is 10.2. The Morgan fingerprint density at radius 2 is 1.71 bits per heavy atom. The van der Waals surface area contributed by atoms with Crippen LogP contribution in [0.3, 0.4) is 0 Å². The van der Waals surface area contributed by atoms with Gasteiger partial charge in [-0.1, -0.05) is 36.0 Å². The minimum Gasteiger partial charge on any atom is -0.374 e. The summed E-state index contributed by atoms with van der Waals surface area (Å²) in [5.41, 5.74) is 2.38. The number of amides is 1. The second kappa shape index (κ2) is 8.20. The lowest BCUT2D eigenvalue weighted by Crippen LogP contribution is -2.33. The quantitative estimate of drug-likeness (QED) is 0.677. The van der Waals surface area contributed by atoms with Gasteiger partial charge >= 0.3 is 0 Å². The Hall–Kier alpha value is -3.23. The molecule has 0 radical (unpaired) electrons. The third kappa shape index (κ3) is 4.03. The van der Waals surface area contributed by atoms with Gasteiger partial charge in [0.25, 0.3) is 0 Å². The highest BCUT2D eigenvalue weighted by atomic mass is 32.2. The molecule has 0 aromatic heterocycles. The van der Waals surface area contributed by atoms with Gasteiger partial charge in [0.15, 0.2) is 0 Å². The molecule has 0 bridgehead atoms. The van der Waals surface area contributed by atoms with E-state index < -0.39 is 0 Å². The van der Waals surface area contributed by atoms with Crippen LogP contribution in [0.5, 0.6) is 0 Å². The van der Waals surface area contributed by atoms with Gasteiger partial charge in [0.05, 0.1) is 11.6 Å². The standard InChI is InChI=1S/C23H19N3OS/c24-16-17-9-11-19(12-10-17)26-14-13-22(23(26)27)25-18-5-4-8-21(15-18)28-20-6-2-1-3-7-20/h1-12,15,22,25H,13-14H2. The van der Waals surface area contributed by atoms with E-state index in [1.807, 2.05) is 42.5 Å². The van der Waals surface area contributed by atoms with E-state index in [0.717, 1.165) is 22.7 Å². The maximum absolute atomic E-state index is 12.8. The molecule has 1 N–H and O–H groups in total. The SMILES string of the molecule is N#Cc1ccc(N2CCC(Nc3cccc(Sc4ccccc4)c3)C2=O)cc1. The van der Waals surface area contributed by atoms with Crippen LogP contribution >= 0.6 is 11.8 Å². The molecule has 1 unspecified atom stereocenters. The van der Waals surface area contributed by atoms with Crippen molar-refractivity contribution in [1.29, 1.82) is 5.26 Å². The normalized spacial score (nSPS) is 16.0. The van der Waals surface area contributed by atoms with Crippen LogP contribution in [0.4, 0.5) is 11.4 Å². The summed E-state index contributed by atoms with van der Waals surface area (Å²) in [6.45, 7) is 0.668. The fourth-order valence-corrected chi connectivity index (χ4v) is 4.16. The number of hydrogen-bond acceptors (Lipinski definition) is 4. The maximum Gasteiger partial charge on any atom is 0.249 e. The summed E-state index contributed by atoms with van der Waals surface area (Å²) in [7, 11) is 0. The van der Waals surface area contributed by atoms with Crippen LogP contribution in [0.2, 0.25) is 0 Å². The van der Waals surface area contributed by atoms with E-state index in [-0.39, 0.29) is 11.9 Å². The number of carbonyl (C=O) groups excluding carboxylic acids is 1. The maximum atomic E-state index is 12.8. The molecule has 3 aromatic carbocycles. The molecule has 0 aliphatic carbocycles. The van der Waals surface area contributed by atoms with Gasteiger partial charge in [-0.15, -0.1) is 0 Å². The average Bonchev–Trinajstić information content (AvgIpc) is 3.09. The molecule has 0 spiro atoms. The minimum atomic E-state index is -0.243. The second-order valence-corrected chi connectivity index (χ2v) is 7.72. The average molecular weight is 385 g/mol. The zero-order valence-corrected chi connectivity index (χ0v) is 16.0. The molecular formula is C23H19N3OS. The molecule has 1 saturated heterocycles. The van der Waals surface area contributed by atoms with Crippen LogP contribution in [0, 0.1) is 11.3 Å². The Kier molecular flexibility index (Phi) is 5.31. The fourth-order valence-electron chi connectivity index (χ4n) is 3.26. The van der Waals surface area contributed by atoms with Crippen molar-refractivity contribution in [3.8, 4) is 6.07 Å². The van der Waals surface area contributed by atoms with Crippen LogP contribution in [0.15, 0.2) is 88.7 Å². The highest BCUT2D eigenvalue weighted by Crippen LogP contribution is 2.30. The minimum absolute atomic E-state index is 0.0609. The van der Waals surface area contributed by atoms with Crippen LogP contribution in [-0.2, 0) is 4.79 Å². The Bertz CT molecular complexity index is 1010. The monoisotopic (exact) mass is 385 g/mol. The molecular weight excluding hydrogens is 366 g/mol. The Labute approximate surface area is 168 Å². The van der Waals surface area contributed by atoms with Gasteiger partial charge in [0.2, 0.25) is 5.91 Å². The van der Waals surface area contributed by atoms with Crippen molar-refractivity contribution >= 4 is 29.0 Å². The molecule has 1 aliphatic rings. The van der Waals surface area contributed by atoms with Crippen LogP contribution < -0.4 is 10.2 Å². The van der Waals surface area contributed by atoms with Gasteiger partial charge < -0.3 is 10.2 Å². The summed E-state index contributed by atoms with van der Waals surface area (Å²) in [5.74, 6) is 0.0609. The summed E-state index contributed by atoms with van der Waals surface area (Å²) in [4.78, 5) is 16.9. The van der Waals surface area contributed by atoms with Gasteiger partial charge in [-0.05, 0) is 61.0 Å². The van der Waals surface area contributed by atoms with E-state index in [2.05, 4.69) is 35.7 Å². The lowest BCUT2D eigenvalue weighted by molar-refractivity contribution is -0.117. The van der Waals surface area contributed by atoms with E-state index in [4.69, 9.17) is 5.26 Å².